The van der Waals surface area contributed by atoms with Gasteiger partial charge in [-0.3, -0.25) is 4.90 Å². The molecular formula is C15H32N2. The minimum absolute atomic E-state index is 0.288. The summed E-state index contributed by atoms with van der Waals surface area (Å²) in [6.45, 7) is 9.00. The van der Waals surface area contributed by atoms with Gasteiger partial charge in [-0.2, -0.15) is 0 Å². The molecule has 0 radical (unpaired) electrons. The van der Waals surface area contributed by atoms with Crippen LogP contribution < -0.4 is 5.73 Å². The average molecular weight is 240 g/mol. The highest BCUT2D eigenvalue weighted by Gasteiger charge is 2.41. The van der Waals surface area contributed by atoms with Crippen molar-refractivity contribution in [3.8, 4) is 0 Å². The largest absolute Gasteiger partial charge is 0.329 e. The molecule has 0 aromatic carbocycles. The molecule has 17 heavy (non-hydrogen) atoms. The van der Waals surface area contributed by atoms with E-state index in [4.69, 9.17) is 5.73 Å². The first-order valence-corrected chi connectivity index (χ1v) is 7.52. The maximum atomic E-state index is 6.18. The van der Waals surface area contributed by atoms with E-state index < -0.39 is 0 Å². The molecule has 0 aromatic rings. The molecule has 1 fully saturated rings. The molecule has 0 amide bonds. The second-order valence-corrected chi connectivity index (χ2v) is 6.05. The molecule has 0 bridgehead atoms. The van der Waals surface area contributed by atoms with Gasteiger partial charge in [-0.05, 0) is 31.7 Å². The maximum absolute atomic E-state index is 6.18. The van der Waals surface area contributed by atoms with E-state index in [0.717, 1.165) is 18.4 Å². The average Bonchev–Trinajstić information content (AvgIpc) is 2.37. The molecular weight excluding hydrogens is 208 g/mol. The number of rotatable bonds is 6. The Bertz CT molecular complexity index is 217. The molecule has 1 aliphatic carbocycles. The monoisotopic (exact) mass is 240 g/mol. The van der Waals surface area contributed by atoms with Crippen molar-refractivity contribution in [3.63, 3.8) is 0 Å². The van der Waals surface area contributed by atoms with Crippen molar-refractivity contribution in [2.24, 2.45) is 17.6 Å². The summed E-state index contributed by atoms with van der Waals surface area (Å²) >= 11 is 0. The van der Waals surface area contributed by atoms with Gasteiger partial charge < -0.3 is 5.73 Å². The Morgan fingerprint density at radius 2 is 2.06 bits per heavy atom. The summed E-state index contributed by atoms with van der Waals surface area (Å²) in [7, 11) is 2.30. The molecule has 0 aromatic heterocycles. The fourth-order valence-corrected chi connectivity index (χ4v) is 3.58. The second kappa shape index (κ2) is 6.75. The van der Waals surface area contributed by atoms with Gasteiger partial charge in [0.1, 0.15) is 0 Å². The fraction of sp³-hybridized carbons (Fsp3) is 1.00. The first-order valence-electron chi connectivity index (χ1n) is 7.52. The Labute approximate surface area is 108 Å². The zero-order valence-electron chi connectivity index (χ0n) is 12.3. The number of hydrogen-bond acceptors (Lipinski definition) is 2. The van der Waals surface area contributed by atoms with E-state index in [1.807, 2.05) is 0 Å². The summed E-state index contributed by atoms with van der Waals surface area (Å²) in [5, 5.41) is 0. The molecule has 3 atom stereocenters. The van der Waals surface area contributed by atoms with Gasteiger partial charge in [-0.1, -0.05) is 46.5 Å². The van der Waals surface area contributed by atoms with Gasteiger partial charge in [0.15, 0.2) is 0 Å². The highest BCUT2D eigenvalue weighted by Crippen LogP contribution is 2.39. The summed E-state index contributed by atoms with van der Waals surface area (Å²) in [5.74, 6) is 1.58. The predicted octanol–water partition coefficient (Wildman–Crippen LogP) is 3.26. The van der Waals surface area contributed by atoms with E-state index in [1.54, 1.807) is 0 Å². The van der Waals surface area contributed by atoms with Crippen molar-refractivity contribution in [2.45, 2.75) is 64.8 Å². The third-order valence-corrected chi connectivity index (χ3v) is 5.06. The van der Waals surface area contributed by atoms with E-state index in [-0.39, 0.29) is 5.54 Å². The van der Waals surface area contributed by atoms with Crippen LogP contribution in [-0.4, -0.2) is 30.6 Å². The third kappa shape index (κ3) is 3.23. The molecule has 1 saturated carbocycles. The molecule has 2 nitrogen and oxygen atoms in total. The quantitative estimate of drug-likeness (QED) is 0.772. The van der Waals surface area contributed by atoms with Crippen molar-refractivity contribution in [2.75, 3.05) is 20.1 Å². The third-order valence-electron chi connectivity index (χ3n) is 5.06. The van der Waals surface area contributed by atoms with Crippen LogP contribution in [0.1, 0.15) is 59.3 Å². The SMILES string of the molecule is CCC(C)CN(C)C1(CN)CCCCC1CC. The minimum atomic E-state index is 0.288. The van der Waals surface area contributed by atoms with Gasteiger partial charge in [0.2, 0.25) is 0 Å². The standard InChI is InChI=1S/C15H32N2/c1-5-13(3)11-17(4)15(12-16)10-8-7-9-14(15)6-2/h13-14H,5-12,16H2,1-4H3. The lowest BCUT2D eigenvalue weighted by Gasteiger charge is -2.50. The van der Waals surface area contributed by atoms with Crippen LogP contribution in [0.25, 0.3) is 0 Å². The molecule has 0 spiro atoms. The van der Waals surface area contributed by atoms with Gasteiger partial charge in [0.25, 0.3) is 0 Å². The summed E-state index contributed by atoms with van der Waals surface area (Å²) in [6.07, 6.45) is 7.98. The second-order valence-electron chi connectivity index (χ2n) is 6.05. The Morgan fingerprint density at radius 3 is 2.59 bits per heavy atom. The maximum Gasteiger partial charge on any atom is 0.0356 e. The van der Waals surface area contributed by atoms with E-state index in [0.29, 0.717) is 0 Å². The Balaban J connectivity index is 2.76. The van der Waals surface area contributed by atoms with Crippen LogP contribution in [0.5, 0.6) is 0 Å². The van der Waals surface area contributed by atoms with Crippen molar-refractivity contribution >= 4 is 0 Å². The van der Waals surface area contributed by atoms with Crippen LogP contribution in [0.4, 0.5) is 0 Å². The van der Waals surface area contributed by atoms with Crippen molar-refractivity contribution < 1.29 is 0 Å². The summed E-state index contributed by atoms with van der Waals surface area (Å²) < 4.78 is 0. The Morgan fingerprint density at radius 1 is 1.35 bits per heavy atom. The molecule has 102 valence electrons. The van der Waals surface area contributed by atoms with Crippen LogP contribution in [-0.2, 0) is 0 Å². The molecule has 0 aliphatic heterocycles. The van der Waals surface area contributed by atoms with E-state index >= 15 is 0 Å². The molecule has 2 N–H and O–H groups in total. The molecule has 1 rings (SSSR count). The molecule has 1 aliphatic rings. The van der Waals surface area contributed by atoms with Gasteiger partial charge in [0.05, 0.1) is 0 Å². The van der Waals surface area contributed by atoms with Crippen LogP contribution in [0.15, 0.2) is 0 Å². The van der Waals surface area contributed by atoms with Crippen LogP contribution in [0.2, 0.25) is 0 Å². The van der Waals surface area contributed by atoms with Gasteiger partial charge in [0, 0.05) is 18.6 Å². The van der Waals surface area contributed by atoms with Crippen LogP contribution in [0, 0.1) is 11.8 Å². The summed E-state index contributed by atoms with van der Waals surface area (Å²) in [6, 6.07) is 0. The first-order chi connectivity index (χ1) is 8.10. The normalized spacial score (nSPS) is 31.8. The van der Waals surface area contributed by atoms with Crippen molar-refractivity contribution in [1.29, 1.82) is 0 Å². The zero-order chi connectivity index (χ0) is 12.9. The van der Waals surface area contributed by atoms with Gasteiger partial charge in [-0.25, -0.2) is 0 Å². The highest BCUT2D eigenvalue weighted by atomic mass is 15.2. The number of hydrogen-bond donors (Lipinski definition) is 1. The van der Waals surface area contributed by atoms with Crippen LogP contribution >= 0.6 is 0 Å². The van der Waals surface area contributed by atoms with Crippen LogP contribution in [0.3, 0.4) is 0 Å². The molecule has 0 saturated heterocycles. The number of nitrogens with two attached hydrogens (primary N) is 1. The Kier molecular flexibility index (Phi) is 5.94. The van der Waals surface area contributed by atoms with E-state index in [1.165, 1.54) is 45.1 Å². The smallest absolute Gasteiger partial charge is 0.0356 e. The van der Waals surface area contributed by atoms with E-state index in [2.05, 4.69) is 32.7 Å². The molecule has 0 heterocycles. The lowest BCUT2D eigenvalue weighted by atomic mass is 9.70. The van der Waals surface area contributed by atoms with Crippen molar-refractivity contribution in [3.05, 3.63) is 0 Å². The molecule has 3 unspecified atom stereocenters. The van der Waals surface area contributed by atoms with Gasteiger partial charge >= 0.3 is 0 Å². The number of nitrogens with zero attached hydrogens (tertiary/aromatic N) is 1. The number of likely N-dealkylation sites (N-methyl/N-ethyl adjacent to an activating group) is 1. The lowest BCUT2D eigenvalue weighted by Crippen LogP contribution is -2.59. The summed E-state index contributed by atoms with van der Waals surface area (Å²) in [5.41, 5.74) is 6.47. The topological polar surface area (TPSA) is 29.3 Å². The fourth-order valence-electron chi connectivity index (χ4n) is 3.58. The van der Waals surface area contributed by atoms with Gasteiger partial charge in [-0.15, -0.1) is 0 Å². The minimum Gasteiger partial charge on any atom is -0.329 e. The predicted molar refractivity (Wildman–Crippen MR) is 76.1 cm³/mol. The summed E-state index contributed by atoms with van der Waals surface area (Å²) in [4.78, 5) is 2.59. The lowest BCUT2D eigenvalue weighted by molar-refractivity contribution is 0.0144. The Hall–Kier alpha value is -0.0800. The zero-order valence-corrected chi connectivity index (χ0v) is 12.3. The van der Waals surface area contributed by atoms with Crippen molar-refractivity contribution in [1.82, 2.24) is 4.90 Å². The first kappa shape index (κ1) is 15.0. The molecule has 2 heteroatoms. The highest BCUT2D eigenvalue weighted by molar-refractivity contribution is 4.98. The van der Waals surface area contributed by atoms with E-state index in [9.17, 15) is 0 Å².